The smallest absolute Gasteiger partial charge is 0.220 e. The number of nitrogens with one attached hydrogen (secondary N) is 2. The molecule has 212 valence electrons. The minimum absolute atomic E-state index is 0.0278. The van der Waals surface area contributed by atoms with Crippen molar-refractivity contribution >= 4 is 70.5 Å². The largest absolute Gasteiger partial charge is 0.396 e. The Morgan fingerprint density at radius 2 is 1.59 bits per heavy atom. The van der Waals surface area contributed by atoms with Gasteiger partial charge in [-0.1, -0.05) is 60.6 Å². The summed E-state index contributed by atoms with van der Waals surface area (Å²) in [5.74, 6) is 0.291. The molecular weight excluding hydrogens is 690 g/mol. The topological polar surface area (TPSA) is 116 Å². The zero-order valence-electron chi connectivity index (χ0n) is 22.2. The predicted molar refractivity (Wildman–Crippen MR) is 170 cm³/mol. The lowest BCUT2D eigenvalue weighted by molar-refractivity contribution is 0.0603. The van der Waals surface area contributed by atoms with Crippen molar-refractivity contribution in [3.63, 3.8) is 0 Å². The van der Waals surface area contributed by atoms with Crippen LogP contribution in [0.15, 0.2) is 30.7 Å². The van der Waals surface area contributed by atoms with Crippen LogP contribution in [0, 0.1) is 16.2 Å². The van der Waals surface area contributed by atoms with Gasteiger partial charge in [0.05, 0.1) is 23.4 Å². The van der Waals surface area contributed by atoms with Gasteiger partial charge in [0, 0.05) is 77.2 Å². The van der Waals surface area contributed by atoms with Crippen LogP contribution in [-0.4, -0.2) is 73.8 Å². The summed E-state index contributed by atoms with van der Waals surface area (Å²) < 4.78 is 0. The fraction of sp³-hybridized carbons (Fsp3) is 0.607. The van der Waals surface area contributed by atoms with E-state index in [9.17, 15) is 0 Å². The van der Waals surface area contributed by atoms with Crippen molar-refractivity contribution in [2.24, 2.45) is 16.2 Å². The van der Waals surface area contributed by atoms with Crippen LogP contribution in [-0.2, 0) is 0 Å². The van der Waals surface area contributed by atoms with E-state index in [1.807, 2.05) is 18.5 Å². The Morgan fingerprint density at radius 1 is 0.949 bits per heavy atom. The number of rotatable bonds is 6. The lowest BCUT2D eigenvalue weighted by Gasteiger charge is -2.57. The Morgan fingerprint density at radius 3 is 2.03 bits per heavy atom. The molecule has 4 fully saturated rings. The molecule has 0 bridgehead atoms. The van der Waals surface area contributed by atoms with E-state index in [2.05, 4.69) is 84.0 Å². The number of alkyl halides is 3. The number of aromatic nitrogens is 4. The van der Waals surface area contributed by atoms with Gasteiger partial charge in [-0.2, -0.15) is 0 Å². The molecule has 4 aliphatic rings. The first-order valence-electron chi connectivity index (χ1n) is 13.7. The standard InChI is InChI=1S/C17H18N6.C6H11N.C5H9Br3O/c18-16-20-6-2-12(22-16)11-8-21-15-14(11)13(3-7-19-15)23-9-17(10-23)4-1-5-17;1-2-6(3-1)4-7-5-6;6-1-5(2-7,3-8)4-9/h2-3,6-8H,1,4-5,9-10H2,(H,19,21)(H2,18,20,22);7H,1-5H2;9H,1-4H2. The summed E-state index contributed by atoms with van der Waals surface area (Å²) in [5.41, 5.74) is 11.1. The van der Waals surface area contributed by atoms with E-state index in [-0.39, 0.29) is 12.0 Å². The van der Waals surface area contributed by atoms with E-state index in [4.69, 9.17) is 10.8 Å². The minimum Gasteiger partial charge on any atom is -0.396 e. The Hall–Kier alpha value is -1.27. The molecule has 7 rings (SSSR count). The summed E-state index contributed by atoms with van der Waals surface area (Å²) in [7, 11) is 0. The van der Waals surface area contributed by atoms with E-state index < -0.39 is 0 Å². The quantitative estimate of drug-likeness (QED) is 0.248. The summed E-state index contributed by atoms with van der Waals surface area (Å²) in [6, 6.07) is 4.00. The van der Waals surface area contributed by atoms with Gasteiger partial charge in [-0.15, -0.1) is 0 Å². The maximum atomic E-state index is 8.89. The molecule has 0 aromatic carbocycles. The number of halogens is 3. The van der Waals surface area contributed by atoms with Crippen molar-refractivity contribution in [2.75, 3.05) is 59.4 Å². The predicted octanol–water partition coefficient (Wildman–Crippen LogP) is 5.50. The number of anilines is 2. The summed E-state index contributed by atoms with van der Waals surface area (Å²) in [5, 5.41) is 15.8. The summed E-state index contributed by atoms with van der Waals surface area (Å²) >= 11 is 10.0. The zero-order chi connectivity index (χ0) is 27.5. The third kappa shape index (κ3) is 6.03. The zero-order valence-corrected chi connectivity index (χ0v) is 27.0. The highest BCUT2D eigenvalue weighted by Crippen LogP contribution is 2.51. The molecule has 2 aliphatic heterocycles. The second-order valence-corrected chi connectivity index (χ2v) is 13.5. The number of hydrogen-bond acceptors (Lipinski definition) is 7. The average Bonchev–Trinajstić information content (AvgIpc) is 3.28. The SMILES string of the molecule is C1CC2(C1)CNC2.Nc1nccc(-c2c[nH]c3nccc(N4CC5(CCC5)C4)c23)n1.OCC(CBr)(CBr)CBr. The van der Waals surface area contributed by atoms with Crippen LogP contribution >= 0.6 is 47.8 Å². The van der Waals surface area contributed by atoms with E-state index in [1.165, 1.54) is 57.3 Å². The minimum atomic E-state index is -0.0278. The molecule has 2 aliphatic carbocycles. The maximum Gasteiger partial charge on any atom is 0.220 e. The van der Waals surface area contributed by atoms with Crippen molar-refractivity contribution in [3.05, 3.63) is 30.7 Å². The number of hydrogen-bond donors (Lipinski definition) is 4. The van der Waals surface area contributed by atoms with Crippen molar-refractivity contribution in [3.8, 4) is 11.3 Å². The number of aliphatic hydroxyl groups is 1. The molecule has 3 aromatic heterocycles. The van der Waals surface area contributed by atoms with Gasteiger partial charge in [0.1, 0.15) is 5.65 Å². The van der Waals surface area contributed by atoms with Gasteiger partial charge in [0.15, 0.2) is 0 Å². The molecule has 11 heteroatoms. The molecule has 2 saturated heterocycles. The first-order valence-corrected chi connectivity index (χ1v) is 17.1. The Kier molecular flexibility index (Phi) is 9.22. The Labute approximate surface area is 255 Å². The average molecular weight is 728 g/mol. The fourth-order valence-electron chi connectivity index (χ4n) is 5.70. The van der Waals surface area contributed by atoms with E-state index in [0.717, 1.165) is 56.8 Å². The molecule has 5 heterocycles. The van der Waals surface area contributed by atoms with Crippen LogP contribution in [0.4, 0.5) is 11.6 Å². The summed E-state index contributed by atoms with van der Waals surface area (Å²) in [4.78, 5) is 18.5. The fourth-order valence-corrected chi connectivity index (χ4v) is 9.02. The molecule has 0 radical (unpaired) electrons. The second-order valence-electron chi connectivity index (χ2n) is 11.8. The monoisotopic (exact) mass is 725 g/mol. The van der Waals surface area contributed by atoms with Gasteiger partial charge in [-0.3, -0.25) is 0 Å². The Bertz CT molecular complexity index is 1210. The third-order valence-electron chi connectivity index (χ3n) is 8.91. The number of nitrogen functional groups attached to an aromatic ring is 1. The van der Waals surface area contributed by atoms with Crippen LogP contribution in [0.1, 0.15) is 38.5 Å². The molecule has 0 amide bonds. The van der Waals surface area contributed by atoms with Gasteiger partial charge in [0.25, 0.3) is 0 Å². The molecule has 2 saturated carbocycles. The molecule has 2 spiro atoms. The van der Waals surface area contributed by atoms with Crippen LogP contribution < -0.4 is 16.0 Å². The number of nitrogens with zero attached hydrogens (tertiary/aromatic N) is 4. The van der Waals surface area contributed by atoms with Crippen LogP contribution in [0.25, 0.3) is 22.3 Å². The second kappa shape index (κ2) is 12.3. The van der Waals surface area contributed by atoms with Gasteiger partial charge in [-0.05, 0) is 43.2 Å². The first kappa shape index (κ1) is 29.2. The van der Waals surface area contributed by atoms with Gasteiger partial charge in [-0.25, -0.2) is 15.0 Å². The van der Waals surface area contributed by atoms with Crippen LogP contribution in [0.5, 0.6) is 0 Å². The van der Waals surface area contributed by atoms with Gasteiger partial charge in [0.2, 0.25) is 5.95 Å². The molecule has 3 aromatic rings. The van der Waals surface area contributed by atoms with E-state index in [0.29, 0.717) is 11.4 Å². The van der Waals surface area contributed by atoms with Gasteiger partial charge >= 0.3 is 0 Å². The molecule has 39 heavy (non-hydrogen) atoms. The normalized spacial score (nSPS) is 20.1. The van der Waals surface area contributed by atoms with Gasteiger partial charge < -0.3 is 26.0 Å². The lowest BCUT2D eigenvalue weighted by Crippen LogP contribution is -2.59. The van der Waals surface area contributed by atoms with Crippen LogP contribution in [0.2, 0.25) is 0 Å². The highest BCUT2D eigenvalue weighted by Gasteiger charge is 2.47. The number of pyridine rings is 1. The summed E-state index contributed by atoms with van der Waals surface area (Å²) in [6.07, 6.45) is 14.1. The van der Waals surface area contributed by atoms with Crippen molar-refractivity contribution in [1.29, 1.82) is 0 Å². The number of aromatic amines is 1. The van der Waals surface area contributed by atoms with E-state index in [1.54, 1.807) is 6.20 Å². The van der Waals surface area contributed by atoms with Crippen molar-refractivity contribution < 1.29 is 5.11 Å². The Balaban J connectivity index is 0.000000158. The molecule has 0 unspecified atom stereocenters. The third-order valence-corrected chi connectivity index (χ3v) is 12.5. The highest BCUT2D eigenvalue weighted by atomic mass is 79.9. The molecule has 0 atom stereocenters. The number of nitrogens with two attached hydrogens (primary N) is 1. The molecule has 5 N–H and O–H groups in total. The number of fused-ring (bicyclic) bond motifs is 1. The van der Waals surface area contributed by atoms with E-state index >= 15 is 0 Å². The molecule has 8 nitrogen and oxygen atoms in total. The van der Waals surface area contributed by atoms with Crippen molar-refractivity contribution in [1.82, 2.24) is 25.3 Å². The first-order chi connectivity index (χ1) is 18.9. The number of aliphatic hydroxyl groups excluding tert-OH is 1. The van der Waals surface area contributed by atoms with Crippen LogP contribution in [0.3, 0.4) is 0 Å². The lowest BCUT2D eigenvalue weighted by atomic mass is 9.63. The summed E-state index contributed by atoms with van der Waals surface area (Å²) in [6.45, 7) is 5.14. The highest BCUT2D eigenvalue weighted by molar-refractivity contribution is 9.10. The number of H-pyrrole nitrogens is 1. The molecular formula is C28H38Br3N7O. The van der Waals surface area contributed by atoms with Crippen molar-refractivity contribution in [2.45, 2.75) is 38.5 Å². The maximum absolute atomic E-state index is 8.89.